The van der Waals surface area contributed by atoms with Gasteiger partial charge in [-0.25, -0.2) is 0 Å². The van der Waals surface area contributed by atoms with Crippen molar-refractivity contribution < 1.29 is 13.2 Å². The van der Waals surface area contributed by atoms with Crippen LogP contribution in [-0.2, 0) is 14.8 Å². The molecule has 1 fully saturated rings. The Labute approximate surface area is 144 Å². The number of hydrogen-bond donors (Lipinski definition) is 0. The van der Waals surface area contributed by atoms with Crippen molar-refractivity contribution >= 4 is 44.5 Å². The van der Waals surface area contributed by atoms with Gasteiger partial charge in [-0.1, -0.05) is 11.6 Å². The van der Waals surface area contributed by atoms with E-state index in [4.69, 9.17) is 11.6 Å². The first-order chi connectivity index (χ1) is 10.7. The number of amides is 1. The molecule has 0 aliphatic carbocycles. The molecule has 1 aliphatic heterocycles. The zero-order valence-corrected chi connectivity index (χ0v) is 15.2. The zero-order chi connectivity index (χ0) is 17.2. The highest BCUT2D eigenvalue weighted by molar-refractivity contribution is 8.19. The van der Waals surface area contributed by atoms with Crippen molar-refractivity contribution in [1.29, 1.82) is 0 Å². The van der Waals surface area contributed by atoms with Crippen molar-refractivity contribution in [2.45, 2.75) is 11.8 Å². The van der Waals surface area contributed by atoms with Gasteiger partial charge in [0.05, 0.1) is 9.80 Å². The lowest BCUT2D eigenvalue weighted by molar-refractivity contribution is -0.122. The summed E-state index contributed by atoms with van der Waals surface area (Å²) in [6, 6.07) is 5.74. The number of hydrogen-bond acceptors (Lipinski definition) is 5. The van der Waals surface area contributed by atoms with Crippen LogP contribution in [-0.4, -0.2) is 49.9 Å². The Hall–Kier alpha value is -1.51. The Morgan fingerprint density at radius 2 is 1.91 bits per heavy atom. The van der Waals surface area contributed by atoms with E-state index in [0.717, 1.165) is 11.8 Å². The number of amidine groups is 1. The van der Waals surface area contributed by atoms with Gasteiger partial charge < -0.3 is 4.90 Å². The van der Waals surface area contributed by atoms with E-state index in [1.807, 2.05) is 0 Å². The quantitative estimate of drug-likeness (QED) is 0.758. The molecule has 0 saturated carbocycles. The van der Waals surface area contributed by atoms with Crippen LogP contribution < -0.4 is 0 Å². The number of rotatable bonds is 4. The largest absolute Gasteiger partial charge is 0.382 e. The minimum absolute atomic E-state index is 0.0311. The van der Waals surface area contributed by atoms with E-state index in [9.17, 15) is 13.2 Å². The summed E-state index contributed by atoms with van der Waals surface area (Å²) in [5.74, 6) is -0.253. The molecule has 0 spiro atoms. The molecule has 0 bridgehead atoms. The second-order valence-electron chi connectivity index (χ2n) is 4.91. The molecule has 1 aliphatic rings. The molecule has 0 atom stereocenters. The van der Waals surface area contributed by atoms with Crippen molar-refractivity contribution in [2.24, 2.45) is 4.40 Å². The van der Waals surface area contributed by atoms with Crippen LogP contribution >= 0.6 is 23.4 Å². The second kappa shape index (κ2) is 6.94. The Balaban J connectivity index is 2.41. The zero-order valence-electron chi connectivity index (χ0n) is 12.9. The van der Waals surface area contributed by atoms with Crippen LogP contribution in [0.4, 0.5) is 0 Å². The van der Waals surface area contributed by atoms with Crippen LogP contribution in [0.1, 0.15) is 6.92 Å². The molecular weight excluding hydrogens is 358 g/mol. The van der Waals surface area contributed by atoms with Gasteiger partial charge in [0, 0.05) is 31.9 Å². The minimum Gasteiger partial charge on any atom is -0.382 e. The van der Waals surface area contributed by atoms with Crippen LogP contribution in [0.15, 0.2) is 44.7 Å². The molecule has 1 aromatic carbocycles. The monoisotopic (exact) mass is 373 g/mol. The van der Waals surface area contributed by atoms with Gasteiger partial charge in [0.15, 0.2) is 5.17 Å². The molecule has 1 aromatic rings. The summed E-state index contributed by atoms with van der Waals surface area (Å²) >= 11 is 6.81. The third kappa shape index (κ3) is 4.07. The van der Waals surface area contributed by atoms with Crippen molar-refractivity contribution in [3.8, 4) is 0 Å². The van der Waals surface area contributed by atoms with Gasteiger partial charge in [0.25, 0.3) is 15.9 Å². The fourth-order valence-corrected chi connectivity index (χ4v) is 4.28. The van der Waals surface area contributed by atoms with E-state index >= 15 is 0 Å². The van der Waals surface area contributed by atoms with Crippen molar-refractivity contribution in [2.75, 3.05) is 20.6 Å². The molecule has 9 heteroatoms. The molecule has 0 aromatic heterocycles. The van der Waals surface area contributed by atoms with Crippen LogP contribution in [0.25, 0.3) is 0 Å². The summed E-state index contributed by atoms with van der Waals surface area (Å²) < 4.78 is 28.6. The number of carbonyl (C=O) groups excluding carboxylic acids is 1. The molecule has 23 heavy (non-hydrogen) atoms. The standard InChI is InChI=1S/C14H16ClN3O3S2/c1-4-18-13(19)12(9-17(2)3)22-14(18)16-23(20,21)11-7-5-10(15)6-8-11/h5-9H,4H2,1-3H3. The van der Waals surface area contributed by atoms with Gasteiger partial charge in [-0.05, 0) is 43.0 Å². The smallest absolute Gasteiger partial charge is 0.284 e. The Kier molecular flexibility index (Phi) is 5.38. The van der Waals surface area contributed by atoms with Crippen LogP contribution in [0.2, 0.25) is 5.02 Å². The molecule has 1 saturated heterocycles. The Bertz CT molecular complexity index is 771. The van der Waals surface area contributed by atoms with E-state index in [-0.39, 0.29) is 16.0 Å². The minimum atomic E-state index is -3.91. The summed E-state index contributed by atoms with van der Waals surface area (Å²) in [4.78, 5) is 15.8. The predicted octanol–water partition coefficient (Wildman–Crippen LogP) is 2.38. The first-order valence-corrected chi connectivity index (χ1v) is 9.36. The number of likely N-dealkylation sites (N-methyl/N-ethyl adjacent to an activating group) is 1. The number of sulfonamides is 1. The third-order valence-electron chi connectivity index (χ3n) is 2.89. The van der Waals surface area contributed by atoms with E-state index < -0.39 is 10.0 Å². The maximum Gasteiger partial charge on any atom is 0.284 e. The summed E-state index contributed by atoms with van der Waals surface area (Å²) in [6.45, 7) is 2.10. The molecule has 0 unspecified atom stereocenters. The lowest BCUT2D eigenvalue weighted by Crippen LogP contribution is -2.29. The first-order valence-electron chi connectivity index (χ1n) is 6.73. The average molecular weight is 374 g/mol. The van der Waals surface area contributed by atoms with Gasteiger partial charge in [-0.15, -0.1) is 4.40 Å². The maximum absolute atomic E-state index is 12.4. The lowest BCUT2D eigenvalue weighted by Gasteiger charge is -2.12. The summed E-state index contributed by atoms with van der Waals surface area (Å²) in [6.07, 6.45) is 1.65. The molecule has 1 heterocycles. The van der Waals surface area contributed by atoms with Crippen LogP contribution in [0.5, 0.6) is 0 Å². The molecule has 0 radical (unpaired) electrons. The maximum atomic E-state index is 12.4. The van der Waals surface area contributed by atoms with Gasteiger partial charge in [0.2, 0.25) is 0 Å². The SMILES string of the molecule is CCN1C(=O)C(=CN(C)C)SC1=NS(=O)(=O)c1ccc(Cl)cc1. The molecule has 124 valence electrons. The third-order valence-corrected chi connectivity index (χ3v) is 5.53. The highest BCUT2D eigenvalue weighted by Gasteiger charge is 2.34. The Morgan fingerprint density at radius 1 is 1.30 bits per heavy atom. The van der Waals surface area contributed by atoms with Gasteiger partial charge >= 0.3 is 0 Å². The molecular formula is C14H16ClN3O3S2. The first kappa shape index (κ1) is 17.8. The molecule has 0 N–H and O–H groups in total. The molecule has 1 amide bonds. The fraction of sp³-hybridized carbons (Fsp3) is 0.286. The molecule has 2 rings (SSSR count). The van der Waals surface area contributed by atoms with E-state index in [1.165, 1.54) is 29.2 Å². The summed E-state index contributed by atoms with van der Waals surface area (Å²) in [5, 5.41) is 0.592. The van der Waals surface area contributed by atoms with Gasteiger partial charge in [-0.3, -0.25) is 9.69 Å². The fourth-order valence-electron chi connectivity index (χ4n) is 1.84. The molecule has 6 nitrogen and oxygen atoms in total. The number of nitrogens with zero attached hydrogens (tertiary/aromatic N) is 3. The van der Waals surface area contributed by atoms with Crippen molar-refractivity contribution in [1.82, 2.24) is 9.80 Å². The number of benzene rings is 1. The lowest BCUT2D eigenvalue weighted by atomic mass is 10.4. The average Bonchev–Trinajstić information content (AvgIpc) is 2.73. The van der Waals surface area contributed by atoms with E-state index in [1.54, 1.807) is 32.1 Å². The highest BCUT2D eigenvalue weighted by Crippen LogP contribution is 2.32. The topological polar surface area (TPSA) is 70.1 Å². The summed E-state index contributed by atoms with van der Waals surface area (Å²) in [7, 11) is -0.328. The number of carbonyl (C=O) groups is 1. The number of thioether (sulfide) groups is 1. The normalized spacial score (nSPS) is 19.0. The van der Waals surface area contributed by atoms with Crippen LogP contribution in [0, 0.1) is 0 Å². The summed E-state index contributed by atoms with van der Waals surface area (Å²) in [5.41, 5.74) is 0. The number of halogens is 1. The van der Waals surface area contributed by atoms with E-state index in [0.29, 0.717) is 16.5 Å². The van der Waals surface area contributed by atoms with Crippen LogP contribution in [0.3, 0.4) is 0 Å². The van der Waals surface area contributed by atoms with E-state index in [2.05, 4.69) is 4.40 Å². The van der Waals surface area contributed by atoms with Gasteiger partial charge in [-0.2, -0.15) is 8.42 Å². The van der Waals surface area contributed by atoms with Crippen molar-refractivity contribution in [3.05, 3.63) is 40.4 Å². The second-order valence-corrected chi connectivity index (χ2v) is 7.96. The Morgan fingerprint density at radius 3 is 2.43 bits per heavy atom. The van der Waals surface area contributed by atoms with Gasteiger partial charge in [0.1, 0.15) is 0 Å². The van der Waals surface area contributed by atoms with Crippen molar-refractivity contribution in [3.63, 3.8) is 0 Å². The highest BCUT2D eigenvalue weighted by atomic mass is 35.5. The predicted molar refractivity (Wildman–Crippen MR) is 92.8 cm³/mol.